The second-order valence-electron chi connectivity index (χ2n) is 4.40. The highest BCUT2D eigenvalue weighted by atomic mass is 16.3. The number of hydrogen-bond donors (Lipinski definition) is 2. The van der Waals surface area contributed by atoms with E-state index in [0.29, 0.717) is 5.92 Å². The van der Waals surface area contributed by atoms with E-state index in [1.165, 1.54) is 12.8 Å². The van der Waals surface area contributed by atoms with Gasteiger partial charge in [-0.05, 0) is 31.8 Å². The highest BCUT2D eigenvalue weighted by molar-refractivity contribution is 4.81. The third kappa shape index (κ3) is 4.94. The minimum absolute atomic E-state index is 0.274. The van der Waals surface area contributed by atoms with Gasteiger partial charge in [-0.15, -0.1) is 0 Å². The Morgan fingerprint density at radius 3 is 2.71 bits per heavy atom. The minimum Gasteiger partial charge on any atom is -0.395 e. The average Bonchev–Trinajstić information content (AvgIpc) is 2.97. The summed E-state index contributed by atoms with van der Waals surface area (Å²) in [4.78, 5) is 2.30. The Kier molecular flexibility index (Phi) is 5.45. The van der Waals surface area contributed by atoms with Crippen LogP contribution < -0.4 is 5.32 Å². The zero-order chi connectivity index (χ0) is 10.4. The normalized spacial score (nSPS) is 18.9. The van der Waals surface area contributed by atoms with Gasteiger partial charge in [-0.3, -0.25) is 0 Å². The summed E-state index contributed by atoms with van der Waals surface area (Å²) in [6.07, 6.45) is 2.72. The molecule has 0 aromatic heterocycles. The standard InChI is InChI=1S/C11H24N2O/c1-3-13(6-7-14)9-10(2)8-12-11-4-5-11/h10-12,14H,3-9H2,1-2H3. The first kappa shape index (κ1) is 12.0. The van der Waals surface area contributed by atoms with Crippen molar-refractivity contribution in [3.8, 4) is 0 Å². The fourth-order valence-corrected chi connectivity index (χ4v) is 1.68. The van der Waals surface area contributed by atoms with Gasteiger partial charge in [-0.25, -0.2) is 0 Å². The summed E-state index contributed by atoms with van der Waals surface area (Å²) in [6.45, 7) is 8.75. The predicted octanol–water partition coefficient (Wildman–Crippen LogP) is 0.689. The Morgan fingerprint density at radius 1 is 1.50 bits per heavy atom. The molecule has 3 nitrogen and oxygen atoms in total. The van der Waals surface area contributed by atoms with Crippen LogP contribution in [-0.2, 0) is 0 Å². The number of nitrogens with zero attached hydrogens (tertiary/aromatic N) is 1. The first-order chi connectivity index (χ1) is 6.76. The molecule has 1 rings (SSSR count). The molecule has 1 atom stereocenters. The molecule has 0 aromatic carbocycles. The molecule has 84 valence electrons. The van der Waals surface area contributed by atoms with Crippen molar-refractivity contribution in [3.05, 3.63) is 0 Å². The molecule has 14 heavy (non-hydrogen) atoms. The lowest BCUT2D eigenvalue weighted by Crippen LogP contribution is -2.35. The molecule has 0 radical (unpaired) electrons. The highest BCUT2D eigenvalue weighted by Gasteiger charge is 2.21. The van der Waals surface area contributed by atoms with Crippen LogP contribution in [0, 0.1) is 5.92 Å². The van der Waals surface area contributed by atoms with E-state index in [1.807, 2.05) is 0 Å². The third-order valence-electron chi connectivity index (χ3n) is 2.77. The van der Waals surface area contributed by atoms with Crippen molar-refractivity contribution in [3.63, 3.8) is 0 Å². The number of likely N-dealkylation sites (N-methyl/N-ethyl adjacent to an activating group) is 1. The molecule has 0 heterocycles. The van der Waals surface area contributed by atoms with Crippen LogP contribution in [0.2, 0.25) is 0 Å². The van der Waals surface area contributed by atoms with E-state index in [1.54, 1.807) is 0 Å². The Balaban J connectivity index is 2.05. The molecular weight excluding hydrogens is 176 g/mol. The summed E-state index contributed by atoms with van der Waals surface area (Å²) in [5, 5.41) is 12.4. The van der Waals surface area contributed by atoms with Crippen molar-refractivity contribution in [1.29, 1.82) is 0 Å². The lowest BCUT2D eigenvalue weighted by Gasteiger charge is -2.23. The maximum absolute atomic E-state index is 8.85. The fourth-order valence-electron chi connectivity index (χ4n) is 1.68. The Hall–Kier alpha value is -0.120. The molecule has 3 heteroatoms. The summed E-state index contributed by atoms with van der Waals surface area (Å²) in [6, 6.07) is 0.811. The number of nitrogens with one attached hydrogen (secondary N) is 1. The first-order valence-electron chi connectivity index (χ1n) is 5.82. The molecule has 0 aliphatic heterocycles. The summed E-state index contributed by atoms with van der Waals surface area (Å²) < 4.78 is 0. The molecule has 1 aliphatic carbocycles. The topological polar surface area (TPSA) is 35.5 Å². The fraction of sp³-hybridized carbons (Fsp3) is 1.00. The van der Waals surface area contributed by atoms with Crippen molar-refractivity contribution in [2.45, 2.75) is 32.7 Å². The quantitative estimate of drug-likeness (QED) is 0.605. The van der Waals surface area contributed by atoms with E-state index in [4.69, 9.17) is 5.11 Å². The second-order valence-corrected chi connectivity index (χ2v) is 4.40. The van der Waals surface area contributed by atoms with E-state index in [0.717, 1.165) is 32.2 Å². The van der Waals surface area contributed by atoms with Crippen LogP contribution in [0.15, 0.2) is 0 Å². The van der Waals surface area contributed by atoms with Crippen LogP contribution in [0.3, 0.4) is 0 Å². The van der Waals surface area contributed by atoms with Gasteiger partial charge in [-0.1, -0.05) is 13.8 Å². The van der Waals surface area contributed by atoms with Crippen molar-refractivity contribution >= 4 is 0 Å². The van der Waals surface area contributed by atoms with E-state index in [2.05, 4.69) is 24.1 Å². The lowest BCUT2D eigenvalue weighted by molar-refractivity contribution is 0.183. The van der Waals surface area contributed by atoms with Crippen LogP contribution in [0.5, 0.6) is 0 Å². The molecule has 0 aromatic rings. The summed E-state index contributed by atoms with van der Waals surface area (Å²) in [5.41, 5.74) is 0. The lowest BCUT2D eigenvalue weighted by atomic mass is 10.1. The number of rotatable bonds is 8. The van der Waals surface area contributed by atoms with Crippen molar-refractivity contribution in [1.82, 2.24) is 10.2 Å². The molecule has 1 unspecified atom stereocenters. The van der Waals surface area contributed by atoms with Gasteiger partial charge in [0.2, 0.25) is 0 Å². The largest absolute Gasteiger partial charge is 0.395 e. The molecule has 0 amide bonds. The summed E-state index contributed by atoms with van der Waals surface area (Å²) in [7, 11) is 0. The zero-order valence-electron chi connectivity index (χ0n) is 9.50. The molecule has 1 saturated carbocycles. The summed E-state index contributed by atoms with van der Waals surface area (Å²) in [5.74, 6) is 0.682. The maximum atomic E-state index is 8.85. The smallest absolute Gasteiger partial charge is 0.0558 e. The van der Waals surface area contributed by atoms with Crippen molar-refractivity contribution in [2.24, 2.45) is 5.92 Å². The number of hydrogen-bond acceptors (Lipinski definition) is 3. The van der Waals surface area contributed by atoms with Gasteiger partial charge in [0, 0.05) is 19.1 Å². The molecular formula is C11H24N2O. The van der Waals surface area contributed by atoms with Crippen molar-refractivity contribution in [2.75, 3.05) is 32.8 Å². The maximum Gasteiger partial charge on any atom is 0.0558 e. The van der Waals surface area contributed by atoms with Crippen LogP contribution in [0.1, 0.15) is 26.7 Å². The third-order valence-corrected chi connectivity index (χ3v) is 2.77. The van der Waals surface area contributed by atoms with Gasteiger partial charge < -0.3 is 15.3 Å². The minimum atomic E-state index is 0.274. The first-order valence-corrected chi connectivity index (χ1v) is 5.82. The zero-order valence-corrected chi connectivity index (χ0v) is 9.50. The van der Waals surface area contributed by atoms with Crippen LogP contribution in [-0.4, -0.2) is 48.8 Å². The Morgan fingerprint density at radius 2 is 2.21 bits per heavy atom. The van der Waals surface area contributed by atoms with E-state index in [-0.39, 0.29) is 6.61 Å². The molecule has 0 saturated heterocycles. The Labute approximate surface area is 87.5 Å². The number of aliphatic hydroxyl groups is 1. The van der Waals surface area contributed by atoms with Gasteiger partial charge in [0.15, 0.2) is 0 Å². The van der Waals surface area contributed by atoms with E-state index >= 15 is 0 Å². The molecule has 1 fully saturated rings. The van der Waals surface area contributed by atoms with Gasteiger partial charge in [-0.2, -0.15) is 0 Å². The predicted molar refractivity (Wildman–Crippen MR) is 59.4 cm³/mol. The molecule has 2 N–H and O–H groups in total. The van der Waals surface area contributed by atoms with Crippen molar-refractivity contribution < 1.29 is 5.11 Å². The average molecular weight is 200 g/mol. The number of aliphatic hydroxyl groups excluding tert-OH is 1. The second kappa shape index (κ2) is 6.38. The van der Waals surface area contributed by atoms with E-state index in [9.17, 15) is 0 Å². The van der Waals surface area contributed by atoms with Gasteiger partial charge in [0.05, 0.1) is 6.61 Å². The van der Waals surface area contributed by atoms with Gasteiger partial charge >= 0.3 is 0 Å². The summed E-state index contributed by atoms with van der Waals surface area (Å²) >= 11 is 0. The van der Waals surface area contributed by atoms with Gasteiger partial charge in [0.1, 0.15) is 0 Å². The van der Waals surface area contributed by atoms with Gasteiger partial charge in [0.25, 0.3) is 0 Å². The van der Waals surface area contributed by atoms with Crippen LogP contribution >= 0.6 is 0 Å². The van der Waals surface area contributed by atoms with Crippen LogP contribution in [0.25, 0.3) is 0 Å². The molecule has 1 aliphatic rings. The monoisotopic (exact) mass is 200 g/mol. The molecule has 0 bridgehead atoms. The highest BCUT2D eigenvalue weighted by Crippen LogP contribution is 2.18. The SMILES string of the molecule is CCN(CCO)CC(C)CNC1CC1. The van der Waals surface area contributed by atoms with Crippen LogP contribution in [0.4, 0.5) is 0 Å². The molecule has 0 spiro atoms. The Bertz CT molecular complexity index is 148. The van der Waals surface area contributed by atoms with E-state index < -0.39 is 0 Å².